The molecule has 0 spiro atoms. The summed E-state index contributed by atoms with van der Waals surface area (Å²) < 4.78 is 0. The Morgan fingerprint density at radius 3 is 2.46 bits per heavy atom. The largest absolute Gasteiger partial charge is 0.481 e. The lowest BCUT2D eigenvalue weighted by Gasteiger charge is -2.06. The van der Waals surface area contributed by atoms with Crippen LogP contribution in [-0.4, -0.2) is 16.3 Å². The molecule has 1 atom stereocenters. The van der Waals surface area contributed by atoms with Crippen molar-refractivity contribution in [1.29, 1.82) is 0 Å². The van der Waals surface area contributed by atoms with Crippen molar-refractivity contribution in [3.05, 3.63) is 0 Å². The maximum Gasteiger partial charge on any atom is 0.304 e. The first-order valence-corrected chi connectivity index (χ1v) is 5.58. The van der Waals surface area contributed by atoms with Gasteiger partial charge in [-0.2, -0.15) is 12.6 Å². The SMILES string of the molecule is CCCCCCC[C@H](S)CC(=O)O. The highest BCUT2D eigenvalue weighted by Gasteiger charge is 2.07. The van der Waals surface area contributed by atoms with E-state index in [1.54, 1.807) is 0 Å². The molecule has 0 aromatic heterocycles. The molecule has 0 aliphatic carbocycles. The molecule has 0 saturated carbocycles. The molecule has 0 aromatic carbocycles. The van der Waals surface area contributed by atoms with E-state index in [9.17, 15) is 4.79 Å². The van der Waals surface area contributed by atoms with Crippen LogP contribution >= 0.6 is 12.6 Å². The summed E-state index contributed by atoms with van der Waals surface area (Å²) in [5.74, 6) is -0.742. The highest BCUT2D eigenvalue weighted by Crippen LogP contribution is 2.13. The van der Waals surface area contributed by atoms with E-state index in [1.807, 2.05) is 0 Å². The molecule has 0 fully saturated rings. The zero-order chi connectivity index (χ0) is 10.1. The first-order valence-electron chi connectivity index (χ1n) is 5.06. The Morgan fingerprint density at radius 2 is 1.92 bits per heavy atom. The van der Waals surface area contributed by atoms with Crippen molar-refractivity contribution in [3.63, 3.8) is 0 Å². The van der Waals surface area contributed by atoms with Gasteiger partial charge in [0.05, 0.1) is 6.42 Å². The Hall–Kier alpha value is -0.180. The van der Waals surface area contributed by atoms with Crippen molar-refractivity contribution in [2.45, 2.75) is 57.1 Å². The molecule has 0 amide bonds. The van der Waals surface area contributed by atoms with Gasteiger partial charge in [0.2, 0.25) is 0 Å². The van der Waals surface area contributed by atoms with Gasteiger partial charge in [-0.1, -0.05) is 39.0 Å². The second kappa shape index (κ2) is 8.42. The molecule has 0 unspecified atom stereocenters. The minimum atomic E-state index is -0.742. The van der Waals surface area contributed by atoms with Gasteiger partial charge in [-0.05, 0) is 6.42 Å². The highest BCUT2D eigenvalue weighted by molar-refractivity contribution is 7.81. The normalized spacial score (nSPS) is 12.8. The van der Waals surface area contributed by atoms with E-state index in [2.05, 4.69) is 19.6 Å². The van der Waals surface area contributed by atoms with Gasteiger partial charge in [-0.25, -0.2) is 0 Å². The van der Waals surface area contributed by atoms with Crippen LogP contribution < -0.4 is 0 Å². The smallest absolute Gasteiger partial charge is 0.304 e. The molecule has 78 valence electrons. The lowest BCUT2D eigenvalue weighted by molar-refractivity contribution is -0.136. The number of aliphatic carboxylic acids is 1. The van der Waals surface area contributed by atoms with E-state index in [0.717, 1.165) is 12.8 Å². The van der Waals surface area contributed by atoms with Crippen LogP contribution in [0.2, 0.25) is 0 Å². The van der Waals surface area contributed by atoms with Crippen molar-refractivity contribution in [2.75, 3.05) is 0 Å². The topological polar surface area (TPSA) is 37.3 Å². The van der Waals surface area contributed by atoms with Crippen LogP contribution in [-0.2, 0) is 4.79 Å². The van der Waals surface area contributed by atoms with Gasteiger partial charge in [0, 0.05) is 5.25 Å². The van der Waals surface area contributed by atoms with E-state index < -0.39 is 5.97 Å². The molecule has 1 N–H and O–H groups in total. The number of carboxylic acid groups (broad SMARTS) is 1. The van der Waals surface area contributed by atoms with Crippen LogP contribution in [0.25, 0.3) is 0 Å². The fraction of sp³-hybridized carbons (Fsp3) is 0.900. The van der Waals surface area contributed by atoms with E-state index in [0.29, 0.717) is 0 Å². The zero-order valence-corrected chi connectivity index (χ0v) is 9.22. The van der Waals surface area contributed by atoms with Crippen LogP contribution in [0, 0.1) is 0 Å². The summed E-state index contributed by atoms with van der Waals surface area (Å²) in [7, 11) is 0. The third-order valence-electron chi connectivity index (χ3n) is 2.05. The Morgan fingerprint density at radius 1 is 1.31 bits per heavy atom. The molecule has 0 aliphatic rings. The third-order valence-corrected chi connectivity index (χ3v) is 2.49. The number of carboxylic acids is 1. The van der Waals surface area contributed by atoms with Crippen molar-refractivity contribution in [3.8, 4) is 0 Å². The molecule has 2 nitrogen and oxygen atoms in total. The van der Waals surface area contributed by atoms with Crippen molar-refractivity contribution in [1.82, 2.24) is 0 Å². The van der Waals surface area contributed by atoms with Crippen LogP contribution in [0.1, 0.15) is 51.9 Å². The minimum absolute atomic E-state index is 0.0409. The summed E-state index contributed by atoms with van der Waals surface area (Å²) in [6, 6.07) is 0. The Bertz CT molecular complexity index is 137. The third kappa shape index (κ3) is 9.74. The molecular formula is C10H20O2S. The molecule has 0 saturated heterocycles. The first kappa shape index (κ1) is 12.8. The Labute approximate surface area is 86.1 Å². The Kier molecular flexibility index (Phi) is 8.30. The molecule has 0 aliphatic heterocycles. The molecule has 3 heteroatoms. The lowest BCUT2D eigenvalue weighted by atomic mass is 10.1. The summed E-state index contributed by atoms with van der Waals surface area (Å²) in [6.45, 7) is 2.19. The quantitative estimate of drug-likeness (QED) is 0.471. The first-order chi connectivity index (χ1) is 6.16. The van der Waals surface area contributed by atoms with E-state index in [1.165, 1.54) is 25.7 Å². The molecule has 0 rings (SSSR count). The van der Waals surface area contributed by atoms with Crippen LogP contribution in [0.3, 0.4) is 0 Å². The summed E-state index contributed by atoms with van der Waals surface area (Å²) >= 11 is 4.21. The van der Waals surface area contributed by atoms with Gasteiger partial charge in [-0.3, -0.25) is 4.79 Å². The predicted octanol–water partition coefficient (Wildman–Crippen LogP) is 3.12. The molecule has 13 heavy (non-hydrogen) atoms. The number of carbonyl (C=O) groups is 1. The summed E-state index contributed by atoms with van der Waals surface area (Å²) in [5.41, 5.74) is 0. The average molecular weight is 204 g/mol. The second-order valence-electron chi connectivity index (χ2n) is 3.45. The summed E-state index contributed by atoms with van der Waals surface area (Å²) in [6.07, 6.45) is 7.25. The van der Waals surface area contributed by atoms with Gasteiger partial charge in [0.15, 0.2) is 0 Å². The lowest BCUT2D eigenvalue weighted by Crippen LogP contribution is -2.06. The summed E-state index contributed by atoms with van der Waals surface area (Å²) in [4.78, 5) is 10.3. The van der Waals surface area contributed by atoms with Gasteiger partial charge in [0.25, 0.3) is 0 Å². The fourth-order valence-corrected chi connectivity index (χ4v) is 1.63. The van der Waals surface area contributed by atoms with E-state index >= 15 is 0 Å². The van der Waals surface area contributed by atoms with Crippen LogP contribution in [0.5, 0.6) is 0 Å². The zero-order valence-electron chi connectivity index (χ0n) is 8.33. The van der Waals surface area contributed by atoms with Crippen molar-refractivity contribution in [2.24, 2.45) is 0 Å². The Balaban J connectivity index is 3.17. The molecule has 0 heterocycles. The van der Waals surface area contributed by atoms with Crippen LogP contribution in [0.4, 0.5) is 0 Å². The summed E-state index contributed by atoms with van der Waals surface area (Å²) in [5, 5.41) is 8.52. The molecule has 0 bridgehead atoms. The fourth-order valence-electron chi connectivity index (χ4n) is 1.29. The van der Waals surface area contributed by atoms with Crippen molar-refractivity contribution < 1.29 is 9.90 Å². The average Bonchev–Trinajstić information content (AvgIpc) is 2.02. The minimum Gasteiger partial charge on any atom is -0.481 e. The number of thiol groups is 1. The number of rotatable bonds is 8. The number of hydrogen-bond donors (Lipinski definition) is 2. The number of unbranched alkanes of at least 4 members (excludes halogenated alkanes) is 4. The van der Waals surface area contributed by atoms with E-state index in [4.69, 9.17) is 5.11 Å². The van der Waals surface area contributed by atoms with Gasteiger partial charge in [0.1, 0.15) is 0 Å². The van der Waals surface area contributed by atoms with Crippen molar-refractivity contribution >= 4 is 18.6 Å². The highest BCUT2D eigenvalue weighted by atomic mass is 32.1. The molecular weight excluding hydrogens is 184 g/mol. The van der Waals surface area contributed by atoms with Gasteiger partial charge < -0.3 is 5.11 Å². The maximum absolute atomic E-state index is 10.3. The maximum atomic E-state index is 10.3. The monoisotopic (exact) mass is 204 g/mol. The molecule has 0 radical (unpaired) electrons. The van der Waals surface area contributed by atoms with Gasteiger partial charge >= 0.3 is 5.97 Å². The second-order valence-corrected chi connectivity index (χ2v) is 4.18. The van der Waals surface area contributed by atoms with Crippen LogP contribution in [0.15, 0.2) is 0 Å². The number of hydrogen-bond acceptors (Lipinski definition) is 2. The van der Waals surface area contributed by atoms with E-state index in [-0.39, 0.29) is 11.7 Å². The standard InChI is InChI=1S/C10H20O2S/c1-2-3-4-5-6-7-9(13)8-10(11)12/h9,13H,2-8H2,1H3,(H,11,12)/t9-/m0/s1. The predicted molar refractivity (Wildman–Crippen MR) is 58.4 cm³/mol. The molecule has 0 aromatic rings. The van der Waals surface area contributed by atoms with Gasteiger partial charge in [-0.15, -0.1) is 0 Å².